The molecule has 0 spiro atoms. The lowest BCUT2D eigenvalue weighted by molar-refractivity contribution is 0.281. The summed E-state index contributed by atoms with van der Waals surface area (Å²) in [6.07, 6.45) is 9.64. The molecule has 0 N–H and O–H groups in total. The Labute approximate surface area is 166 Å². The minimum Gasteiger partial charge on any atom is -0.463 e. The van der Waals surface area contributed by atoms with Crippen molar-refractivity contribution >= 4 is 0 Å². The molecule has 0 aliphatic carbocycles. The first-order valence-electron chi connectivity index (χ1n) is 9.86. The minimum atomic E-state index is 0.438. The fourth-order valence-corrected chi connectivity index (χ4v) is 3.00. The van der Waals surface area contributed by atoms with Crippen LogP contribution < -0.4 is 4.74 Å². The van der Waals surface area contributed by atoms with Gasteiger partial charge in [0.15, 0.2) is 0 Å². The maximum absolute atomic E-state index is 8.90. The summed E-state index contributed by atoms with van der Waals surface area (Å²) < 4.78 is 5.63. The average Bonchev–Trinajstić information content (AvgIpc) is 2.77. The summed E-state index contributed by atoms with van der Waals surface area (Å²) >= 11 is 0. The van der Waals surface area contributed by atoms with Crippen LogP contribution >= 0.6 is 0 Å². The first kappa shape index (κ1) is 19.6. The lowest BCUT2D eigenvalue weighted by atomic mass is 10.0. The van der Waals surface area contributed by atoms with E-state index in [0.29, 0.717) is 18.2 Å². The highest BCUT2D eigenvalue weighted by atomic mass is 16.5. The second-order valence-corrected chi connectivity index (χ2v) is 6.78. The summed E-state index contributed by atoms with van der Waals surface area (Å²) in [7, 11) is 0. The molecule has 3 aromatic rings. The molecular formula is C24H25N3O. The second-order valence-electron chi connectivity index (χ2n) is 6.78. The van der Waals surface area contributed by atoms with Gasteiger partial charge in [-0.05, 0) is 35.2 Å². The Balaban J connectivity index is 1.57. The van der Waals surface area contributed by atoms with Crippen LogP contribution in [-0.4, -0.2) is 16.6 Å². The summed E-state index contributed by atoms with van der Waals surface area (Å²) in [5.74, 6) is 0. The predicted octanol–water partition coefficient (Wildman–Crippen LogP) is 6.03. The third kappa shape index (κ3) is 5.40. The number of rotatable bonds is 9. The monoisotopic (exact) mass is 371 g/mol. The number of ether oxygens (including phenoxy) is 1. The van der Waals surface area contributed by atoms with Crippen molar-refractivity contribution in [3.8, 4) is 34.3 Å². The SMILES string of the molecule is CCCCCCCOc1ncc(-c2ccc(-c3ccc(C#N)cc3)cc2)cn1. The zero-order valence-corrected chi connectivity index (χ0v) is 16.3. The van der Waals surface area contributed by atoms with E-state index in [1.54, 1.807) is 12.4 Å². The third-order valence-corrected chi connectivity index (χ3v) is 4.67. The van der Waals surface area contributed by atoms with Gasteiger partial charge in [0.2, 0.25) is 0 Å². The molecule has 4 nitrogen and oxygen atoms in total. The molecule has 0 aliphatic rings. The molecule has 0 amide bonds. The van der Waals surface area contributed by atoms with Crippen LogP contribution in [0.2, 0.25) is 0 Å². The van der Waals surface area contributed by atoms with Gasteiger partial charge in [-0.25, -0.2) is 9.97 Å². The first-order chi connectivity index (χ1) is 13.8. The van der Waals surface area contributed by atoms with Crippen molar-refractivity contribution < 1.29 is 4.74 Å². The Morgan fingerprint density at radius 1 is 0.750 bits per heavy atom. The number of hydrogen-bond donors (Lipinski definition) is 0. The molecule has 0 aliphatic heterocycles. The zero-order valence-electron chi connectivity index (χ0n) is 16.3. The highest BCUT2D eigenvalue weighted by Gasteiger charge is 2.03. The number of aromatic nitrogens is 2. The number of nitrogens with zero attached hydrogens (tertiary/aromatic N) is 3. The molecule has 1 aromatic heterocycles. The van der Waals surface area contributed by atoms with E-state index < -0.39 is 0 Å². The molecule has 0 saturated carbocycles. The number of benzene rings is 2. The van der Waals surface area contributed by atoms with Gasteiger partial charge in [0, 0.05) is 18.0 Å². The number of nitriles is 1. The van der Waals surface area contributed by atoms with Crippen LogP contribution in [0.25, 0.3) is 22.3 Å². The molecule has 142 valence electrons. The van der Waals surface area contributed by atoms with Crippen molar-refractivity contribution in [3.63, 3.8) is 0 Å². The number of hydrogen-bond acceptors (Lipinski definition) is 4. The van der Waals surface area contributed by atoms with Gasteiger partial charge in [-0.1, -0.05) is 69.0 Å². The molecule has 4 heteroatoms. The second kappa shape index (κ2) is 10.2. The quantitative estimate of drug-likeness (QED) is 0.431. The van der Waals surface area contributed by atoms with Gasteiger partial charge in [-0.2, -0.15) is 5.26 Å². The van der Waals surface area contributed by atoms with E-state index in [9.17, 15) is 0 Å². The average molecular weight is 371 g/mol. The van der Waals surface area contributed by atoms with Crippen molar-refractivity contribution in [1.82, 2.24) is 9.97 Å². The molecule has 1 heterocycles. The van der Waals surface area contributed by atoms with Crippen LogP contribution in [0.1, 0.15) is 44.6 Å². The van der Waals surface area contributed by atoms with Crippen molar-refractivity contribution in [2.75, 3.05) is 6.61 Å². The standard InChI is InChI=1S/C24H25N3O/c1-2-3-4-5-6-15-28-24-26-17-23(18-27-24)22-13-11-21(12-14-22)20-9-7-19(16-25)8-10-20/h7-14,17-18H,2-6,15H2,1H3. The van der Waals surface area contributed by atoms with Crippen molar-refractivity contribution in [2.24, 2.45) is 0 Å². The minimum absolute atomic E-state index is 0.438. The Hall–Kier alpha value is -3.19. The molecule has 0 atom stereocenters. The molecule has 0 unspecified atom stereocenters. The fraction of sp³-hybridized carbons (Fsp3) is 0.292. The van der Waals surface area contributed by atoms with Crippen LogP contribution in [-0.2, 0) is 0 Å². The van der Waals surface area contributed by atoms with Crippen LogP contribution in [0.5, 0.6) is 6.01 Å². The first-order valence-corrected chi connectivity index (χ1v) is 9.86. The van der Waals surface area contributed by atoms with E-state index in [1.807, 2.05) is 24.3 Å². The van der Waals surface area contributed by atoms with Crippen LogP contribution in [0.15, 0.2) is 60.9 Å². The largest absolute Gasteiger partial charge is 0.463 e. The zero-order chi connectivity index (χ0) is 19.6. The van der Waals surface area contributed by atoms with E-state index in [0.717, 1.165) is 28.7 Å². The summed E-state index contributed by atoms with van der Waals surface area (Å²) in [6.45, 7) is 2.88. The van der Waals surface area contributed by atoms with Gasteiger partial charge in [0.05, 0.1) is 18.2 Å². The highest BCUT2D eigenvalue weighted by molar-refractivity contribution is 5.70. The highest BCUT2D eigenvalue weighted by Crippen LogP contribution is 2.25. The lowest BCUT2D eigenvalue weighted by Crippen LogP contribution is -2.01. The van der Waals surface area contributed by atoms with E-state index in [1.165, 1.54) is 25.7 Å². The molecule has 0 fully saturated rings. The Bertz CT molecular complexity index is 895. The topological polar surface area (TPSA) is 58.8 Å². The molecule has 3 rings (SSSR count). The predicted molar refractivity (Wildman–Crippen MR) is 112 cm³/mol. The fourth-order valence-electron chi connectivity index (χ4n) is 3.00. The maximum Gasteiger partial charge on any atom is 0.316 e. The molecule has 0 bridgehead atoms. The van der Waals surface area contributed by atoms with Crippen molar-refractivity contribution in [1.29, 1.82) is 5.26 Å². The Kier molecular flexibility index (Phi) is 7.14. The van der Waals surface area contributed by atoms with Crippen molar-refractivity contribution in [2.45, 2.75) is 39.0 Å². The van der Waals surface area contributed by atoms with E-state index in [4.69, 9.17) is 10.00 Å². The summed E-state index contributed by atoms with van der Waals surface area (Å²) in [6, 6.07) is 18.4. The van der Waals surface area contributed by atoms with Gasteiger partial charge in [-0.15, -0.1) is 0 Å². The molecular weight excluding hydrogens is 346 g/mol. The van der Waals surface area contributed by atoms with Gasteiger partial charge >= 0.3 is 6.01 Å². The van der Waals surface area contributed by atoms with Crippen LogP contribution in [0.3, 0.4) is 0 Å². The Morgan fingerprint density at radius 2 is 1.29 bits per heavy atom. The summed E-state index contributed by atoms with van der Waals surface area (Å²) in [5.41, 5.74) is 4.88. The van der Waals surface area contributed by atoms with E-state index in [2.05, 4.69) is 47.2 Å². The van der Waals surface area contributed by atoms with Gasteiger partial charge in [0.25, 0.3) is 0 Å². The molecule has 0 radical (unpaired) electrons. The maximum atomic E-state index is 8.90. The summed E-state index contributed by atoms with van der Waals surface area (Å²) in [5, 5.41) is 8.90. The molecule has 2 aromatic carbocycles. The van der Waals surface area contributed by atoms with E-state index >= 15 is 0 Å². The number of unbranched alkanes of at least 4 members (excludes halogenated alkanes) is 4. The van der Waals surface area contributed by atoms with E-state index in [-0.39, 0.29) is 0 Å². The van der Waals surface area contributed by atoms with Crippen LogP contribution in [0, 0.1) is 11.3 Å². The molecule has 28 heavy (non-hydrogen) atoms. The van der Waals surface area contributed by atoms with Gasteiger partial charge in [0.1, 0.15) is 0 Å². The molecule has 0 saturated heterocycles. The van der Waals surface area contributed by atoms with Gasteiger partial charge < -0.3 is 4.74 Å². The normalized spacial score (nSPS) is 10.4. The smallest absolute Gasteiger partial charge is 0.316 e. The summed E-state index contributed by atoms with van der Waals surface area (Å²) in [4.78, 5) is 8.65. The third-order valence-electron chi connectivity index (χ3n) is 4.67. The van der Waals surface area contributed by atoms with Crippen LogP contribution in [0.4, 0.5) is 0 Å². The van der Waals surface area contributed by atoms with Crippen molar-refractivity contribution in [3.05, 3.63) is 66.5 Å². The Morgan fingerprint density at radius 3 is 1.86 bits per heavy atom. The van der Waals surface area contributed by atoms with Gasteiger partial charge in [-0.3, -0.25) is 0 Å². The lowest BCUT2D eigenvalue weighted by Gasteiger charge is -2.07.